The van der Waals surface area contributed by atoms with Gasteiger partial charge in [0.05, 0.1) is 21.3 Å². The topological polar surface area (TPSA) is 100 Å². The highest BCUT2D eigenvalue weighted by Gasteiger charge is 2.14. The van der Waals surface area contributed by atoms with Gasteiger partial charge < -0.3 is 24.3 Å². The third-order valence-corrected chi connectivity index (χ3v) is 3.79. The predicted octanol–water partition coefficient (Wildman–Crippen LogP) is 1.87. The maximum absolute atomic E-state index is 12.2. The van der Waals surface area contributed by atoms with E-state index >= 15 is 0 Å². The molecule has 0 aromatic heterocycles. The number of ketones is 1. The van der Waals surface area contributed by atoms with Crippen molar-refractivity contribution in [3.8, 4) is 17.2 Å². The lowest BCUT2D eigenvalue weighted by atomic mass is 10.1. The van der Waals surface area contributed by atoms with E-state index in [9.17, 15) is 14.4 Å². The monoisotopic (exact) mass is 387 g/mol. The van der Waals surface area contributed by atoms with Gasteiger partial charge in [0.15, 0.2) is 23.9 Å². The summed E-state index contributed by atoms with van der Waals surface area (Å²) in [6, 6.07) is 11.1. The Bertz CT molecular complexity index is 863. The first-order valence-electron chi connectivity index (χ1n) is 8.31. The van der Waals surface area contributed by atoms with Crippen molar-refractivity contribution in [2.24, 2.45) is 0 Å². The molecule has 0 saturated heterocycles. The summed E-state index contributed by atoms with van der Waals surface area (Å²) in [4.78, 5) is 36.0. The van der Waals surface area contributed by atoms with Crippen molar-refractivity contribution in [3.05, 3.63) is 53.6 Å². The number of methoxy groups -OCH3 is 3. The zero-order valence-electron chi connectivity index (χ0n) is 15.8. The predicted molar refractivity (Wildman–Crippen MR) is 100 cm³/mol. The molecule has 1 N–H and O–H groups in total. The third kappa shape index (κ3) is 5.47. The highest BCUT2D eigenvalue weighted by atomic mass is 16.5. The Hall–Kier alpha value is -3.55. The van der Waals surface area contributed by atoms with Crippen LogP contribution in [0.15, 0.2) is 42.5 Å². The van der Waals surface area contributed by atoms with E-state index in [4.69, 9.17) is 18.9 Å². The zero-order valence-corrected chi connectivity index (χ0v) is 15.8. The summed E-state index contributed by atoms with van der Waals surface area (Å²) in [5, 5.41) is 2.43. The maximum atomic E-state index is 12.2. The van der Waals surface area contributed by atoms with Gasteiger partial charge in [-0.1, -0.05) is 6.07 Å². The minimum Gasteiger partial charge on any atom is -0.497 e. The molecular formula is C20H21NO7. The highest BCUT2D eigenvalue weighted by Crippen LogP contribution is 2.27. The summed E-state index contributed by atoms with van der Waals surface area (Å²) < 4.78 is 20.2. The molecule has 0 bridgehead atoms. The van der Waals surface area contributed by atoms with Crippen LogP contribution in [0.5, 0.6) is 17.2 Å². The molecule has 0 aliphatic carbocycles. The molecule has 8 heteroatoms. The SMILES string of the molecule is COc1cccc(C(=O)NCC(=O)OCC(=O)c2ccc(OC)c(OC)c2)c1. The number of carbonyl (C=O) groups excluding carboxylic acids is 3. The average molecular weight is 387 g/mol. The van der Waals surface area contributed by atoms with Crippen molar-refractivity contribution in [2.45, 2.75) is 0 Å². The van der Waals surface area contributed by atoms with E-state index in [1.165, 1.54) is 27.4 Å². The van der Waals surface area contributed by atoms with Crippen molar-refractivity contribution in [1.29, 1.82) is 0 Å². The molecule has 2 aromatic carbocycles. The van der Waals surface area contributed by atoms with Gasteiger partial charge in [-0.15, -0.1) is 0 Å². The summed E-state index contributed by atoms with van der Waals surface area (Å²) in [5.41, 5.74) is 0.652. The fraction of sp³-hybridized carbons (Fsp3) is 0.250. The Balaban J connectivity index is 1.85. The summed E-state index contributed by atoms with van der Waals surface area (Å²) in [6.07, 6.45) is 0. The van der Waals surface area contributed by atoms with Gasteiger partial charge in [0.1, 0.15) is 12.3 Å². The van der Waals surface area contributed by atoms with Crippen molar-refractivity contribution in [3.63, 3.8) is 0 Å². The second kappa shape index (κ2) is 9.96. The molecule has 0 heterocycles. The lowest BCUT2D eigenvalue weighted by Gasteiger charge is -2.10. The van der Waals surface area contributed by atoms with E-state index in [-0.39, 0.29) is 6.54 Å². The second-order valence-corrected chi connectivity index (χ2v) is 5.57. The van der Waals surface area contributed by atoms with Crippen LogP contribution in [0.25, 0.3) is 0 Å². The molecule has 2 rings (SSSR count). The number of carbonyl (C=O) groups is 3. The van der Waals surface area contributed by atoms with Crippen LogP contribution in [-0.2, 0) is 9.53 Å². The fourth-order valence-corrected chi connectivity index (χ4v) is 2.31. The van der Waals surface area contributed by atoms with E-state index in [0.29, 0.717) is 28.4 Å². The number of hydrogen-bond donors (Lipinski definition) is 1. The number of hydrogen-bond acceptors (Lipinski definition) is 7. The van der Waals surface area contributed by atoms with Crippen LogP contribution in [0.4, 0.5) is 0 Å². The summed E-state index contributed by atoms with van der Waals surface area (Å²) >= 11 is 0. The zero-order chi connectivity index (χ0) is 20.5. The molecule has 8 nitrogen and oxygen atoms in total. The standard InChI is InChI=1S/C20H21NO7/c1-25-15-6-4-5-14(9-15)20(24)21-11-19(23)28-12-16(22)13-7-8-17(26-2)18(10-13)27-3/h4-10H,11-12H2,1-3H3,(H,21,24). The summed E-state index contributed by atoms with van der Waals surface area (Å²) in [7, 11) is 4.43. The van der Waals surface area contributed by atoms with Crippen molar-refractivity contribution < 1.29 is 33.3 Å². The lowest BCUT2D eigenvalue weighted by Crippen LogP contribution is -2.31. The van der Waals surface area contributed by atoms with Crippen LogP contribution in [0, 0.1) is 0 Å². The van der Waals surface area contributed by atoms with Crippen molar-refractivity contribution in [1.82, 2.24) is 5.32 Å². The number of benzene rings is 2. The highest BCUT2D eigenvalue weighted by molar-refractivity contribution is 5.99. The van der Waals surface area contributed by atoms with E-state index in [2.05, 4.69) is 5.32 Å². The van der Waals surface area contributed by atoms with Crippen LogP contribution < -0.4 is 19.5 Å². The summed E-state index contributed by atoms with van der Waals surface area (Å²) in [6.45, 7) is -0.821. The molecule has 0 aliphatic heterocycles. The van der Waals surface area contributed by atoms with Gasteiger partial charge in [0.2, 0.25) is 0 Å². The van der Waals surface area contributed by atoms with E-state index in [0.717, 1.165) is 0 Å². The first kappa shape index (κ1) is 20.8. The largest absolute Gasteiger partial charge is 0.497 e. The number of ether oxygens (including phenoxy) is 4. The smallest absolute Gasteiger partial charge is 0.325 e. The molecular weight excluding hydrogens is 366 g/mol. The van der Waals surface area contributed by atoms with Gasteiger partial charge in [-0.25, -0.2) is 0 Å². The van der Waals surface area contributed by atoms with Gasteiger partial charge in [-0.2, -0.15) is 0 Å². The molecule has 0 aliphatic rings. The first-order chi connectivity index (χ1) is 13.5. The van der Waals surface area contributed by atoms with Gasteiger partial charge >= 0.3 is 5.97 Å². The molecule has 0 spiro atoms. The molecule has 0 saturated carbocycles. The second-order valence-electron chi connectivity index (χ2n) is 5.57. The van der Waals surface area contributed by atoms with Crippen LogP contribution in [-0.4, -0.2) is 52.1 Å². The van der Waals surface area contributed by atoms with Crippen LogP contribution >= 0.6 is 0 Å². The summed E-state index contributed by atoms with van der Waals surface area (Å²) in [5.74, 6) is -0.196. The molecule has 0 unspecified atom stereocenters. The first-order valence-corrected chi connectivity index (χ1v) is 8.31. The molecule has 1 amide bonds. The quantitative estimate of drug-likeness (QED) is 0.518. The van der Waals surface area contributed by atoms with E-state index < -0.39 is 24.3 Å². The Morgan fingerprint density at radius 1 is 0.857 bits per heavy atom. The van der Waals surface area contributed by atoms with Crippen LogP contribution in [0.3, 0.4) is 0 Å². The Kier molecular flexibility index (Phi) is 7.38. The molecule has 0 radical (unpaired) electrons. The molecule has 2 aromatic rings. The lowest BCUT2D eigenvalue weighted by molar-refractivity contribution is -0.141. The molecule has 0 atom stereocenters. The van der Waals surface area contributed by atoms with Crippen molar-refractivity contribution >= 4 is 17.7 Å². The van der Waals surface area contributed by atoms with Gasteiger partial charge in [0, 0.05) is 11.1 Å². The third-order valence-electron chi connectivity index (χ3n) is 3.79. The molecule has 0 fully saturated rings. The maximum Gasteiger partial charge on any atom is 0.325 e. The Morgan fingerprint density at radius 2 is 1.61 bits per heavy atom. The number of rotatable bonds is 9. The van der Waals surface area contributed by atoms with Gasteiger partial charge in [0.25, 0.3) is 5.91 Å². The Labute approximate surface area is 162 Å². The van der Waals surface area contributed by atoms with Crippen molar-refractivity contribution in [2.75, 3.05) is 34.5 Å². The number of esters is 1. The normalized spacial score (nSPS) is 9.96. The van der Waals surface area contributed by atoms with Gasteiger partial charge in [-0.05, 0) is 36.4 Å². The van der Waals surface area contributed by atoms with Crippen LogP contribution in [0.2, 0.25) is 0 Å². The van der Waals surface area contributed by atoms with Gasteiger partial charge in [-0.3, -0.25) is 14.4 Å². The van der Waals surface area contributed by atoms with E-state index in [1.807, 2.05) is 0 Å². The number of nitrogens with one attached hydrogen (secondary N) is 1. The minimum absolute atomic E-state index is 0.311. The molecule has 28 heavy (non-hydrogen) atoms. The molecule has 148 valence electrons. The minimum atomic E-state index is -0.731. The fourth-order valence-electron chi connectivity index (χ4n) is 2.31. The number of amides is 1. The van der Waals surface area contributed by atoms with E-state index in [1.54, 1.807) is 36.4 Å². The Morgan fingerprint density at radius 3 is 2.29 bits per heavy atom. The number of Topliss-reactive ketones (excluding diaryl/α,β-unsaturated/α-hetero) is 1. The average Bonchev–Trinajstić information content (AvgIpc) is 2.75. The van der Waals surface area contributed by atoms with Crippen LogP contribution in [0.1, 0.15) is 20.7 Å².